The van der Waals surface area contributed by atoms with Crippen LogP contribution in [0.15, 0.2) is 36.4 Å². The van der Waals surface area contributed by atoms with Crippen molar-refractivity contribution in [1.29, 1.82) is 0 Å². The van der Waals surface area contributed by atoms with Gasteiger partial charge in [0.25, 0.3) is 5.67 Å². The second-order valence-corrected chi connectivity index (χ2v) is 13.3. The van der Waals surface area contributed by atoms with Gasteiger partial charge in [-0.1, -0.05) is 12.6 Å². The van der Waals surface area contributed by atoms with Gasteiger partial charge in [0.2, 0.25) is 0 Å². The first-order valence-electron chi connectivity index (χ1n) is 17.1. The molecule has 0 amide bonds. The van der Waals surface area contributed by atoms with Gasteiger partial charge in [0, 0.05) is 5.57 Å². The average molecular weight is 1130 g/mol. The molecule has 0 fully saturated rings. The normalized spacial score (nSPS) is 18.0. The lowest BCUT2D eigenvalue weighted by molar-refractivity contribution is -0.590. The number of carbonyl (C=O) groups excluding carboxylic acids is 4. The van der Waals surface area contributed by atoms with Crippen molar-refractivity contribution in [1.82, 2.24) is 0 Å². The molecule has 0 aliphatic carbocycles. The van der Waals surface area contributed by atoms with E-state index in [9.17, 15) is 142 Å². The number of benzene rings is 1. The quantitative estimate of drug-likeness (QED) is 0.0359. The zero-order chi connectivity index (χ0) is 57.4. The van der Waals surface area contributed by atoms with Gasteiger partial charge in [-0.2, -0.15) is 119 Å². The first-order valence-corrected chi connectivity index (χ1v) is 17.1. The van der Waals surface area contributed by atoms with Crippen LogP contribution in [-0.4, -0.2) is 135 Å². The molecule has 0 heterocycles. The maximum Gasteiger partial charge on any atom is 0.460 e. The molecule has 1 rings (SSSR count). The van der Waals surface area contributed by atoms with E-state index in [1.165, 1.54) is 11.7 Å². The summed E-state index contributed by atoms with van der Waals surface area (Å²) in [5.74, 6) is -42.9. The van der Waals surface area contributed by atoms with Crippen LogP contribution in [0.5, 0.6) is 0 Å². The van der Waals surface area contributed by atoms with E-state index in [1.807, 2.05) is 0 Å². The molecule has 0 N–H and O–H groups in total. The molecule has 1 aromatic carbocycles. The van der Waals surface area contributed by atoms with Crippen LogP contribution >= 0.6 is 0 Å². The first-order chi connectivity index (χ1) is 31.6. The summed E-state index contributed by atoms with van der Waals surface area (Å²) in [4.78, 5) is 47.7. The third kappa shape index (κ3) is 13.1. The smallest absolute Gasteiger partial charge is 0.459 e. The number of rotatable bonds is 22. The zero-order valence-corrected chi connectivity index (χ0v) is 33.8. The highest BCUT2D eigenvalue weighted by molar-refractivity contribution is 5.95. The van der Waals surface area contributed by atoms with Crippen molar-refractivity contribution in [2.24, 2.45) is 0 Å². The maximum absolute atomic E-state index is 15.0. The van der Waals surface area contributed by atoms with E-state index in [4.69, 9.17) is 0 Å². The zero-order valence-electron chi connectivity index (χ0n) is 33.8. The predicted octanol–water partition coefficient (Wildman–Crippen LogP) is 10.3. The maximum atomic E-state index is 15.0. The summed E-state index contributed by atoms with van der Waals surface area (Å²) < 4.78 is 410. The summed E-state index contributed by atoms with van der Waals surface area (Å²) in [7, 11) is 0. The summed E-state index contributed by atoms with van der Waals surface area (Å²) >= 11 is 0. The Morgan fingerprint density at radius 3 is 1.04 bits per heavy atom. The lowest BCUT2D eigenvalue weighted by Crippen LogP contribution is -2.72. The molecule has 0 spiro atoms. The number of ether oxygens (including phenoxy) is 8. The molecule has 0 bridgehead atoms. The first kappa shape index (κ1) is 64.7. The highest BCUT2D eigenvalue weighted by Gasteiger charge is 2.90. The molecule has 0 aromatic heterocycles. The Kier molecular flexibility index (Phi) is 18.5. The van der Waals surface area contributed by atoms with Gasteiger partial charge in [-0.15, -0.1) is 0 Å². The number of carbonyl (C=O) groups is 4. The van der Waals surface area contributed by atoms with Crippen molar-refractivity contribution >= 4 is 23.9 Å². The van der Waals surface area contributed by atoms with Crippen molar-refractivity contribution in [3.05, 3.63) is 47.5 Å². The molecule has 5 unspecified atom stereocenters. The minimum absolute atomic E-state index is 0.0730. The Morgan fingerprint density at radius 1 is 0.431 bits per heavy atom. The van der Waals surface area contributed by atoms with E-state index in [2.05, 4.69) is 25.5 Å². The van der Waals surface area contributed by atoms with Crippen LogP contribution in [0, 0.1) is 0 Å². The van der Waals surface area contributed by atoms with Crippen LogP contribution < -0.4 is 0 Å². The Labute approximate surface area is 376 Å². The summed E-state index contributed by atoms with van der Waals surface area (Å²) in [6, 6.07) is 3.18. The Morgan fingerprint density at radius 2 is 0.736 bits per heavy atom. The van der Waals surface area contributed by atoms with E-state index >= 15 is 0 Å². The second kappa shape index (κ2) is 20.6. The SMILES string of the molecule is C=C(C)C(=O)OCCOC(=O)c1cccc(C(=O)OCCOC(=O)C(F)(OC(F)(F)C(F)(OC(F)(F)C(F)(OC(F)(F)C(F)(OC(F)(F)C(C)(F)C(F)(F)F)C(F)(F)F)C(F)(F)F)C(F)(F)F)C(F)(F)F)c1. The molecule has 40 heteroatoms. The Bertz CT molecular complexity index is 2130. The molecule has 1 aromatic rings. The monoisotopic (exact) mass is 1130 g/mol. The molecule has 416 valence electrons. The van der Waals surface area contributed by atoms with Gasteiger partial charge < -0.3 is 18.9 Å². The van der Waals surface area contributed by atoms with Crippen LogP contribution in [-0.2, 0) is 47.5 Å². The fourth-order valence-corrected chi connectivity index (χ4v) is 3.92. The number of alkyl halides is 28. The predicted molar refractivity (Wildman–Crippen MR) is 163 cm³/mol. The van der Waals surface area contributed by atoms with Crippen molar-refractivity contribution in [3.63, 3.8) is 0 Å². The van der Waals surface area contributed by atoms with Gasteiger partial charge in [0.15, 0.2) is 0 Å². The molecule has 12 nitrogen and oxygen atoms in total. The third-order valence-corrected chi connectivity index (χ3v) is 7.78. The summed E-state index contributed by atoms with van der Waals surface area (Å²) in [5, 5.41) is 0. The largest absolute Gasteiger partial charge is 0.460 e. The third-order valence-electron chi connectivity index (χ3n) is 7.78. The highest BCUT2D eigenvalue weighted by atomic mass is 19.4. The van der Waals surface area contributed by atoms with Crippen LogP contribution in [0.1, 0.15) is 34.6 Å². The molecule has 0 aliphatic rings. The fourth-order valence-electron chi connectivity index (χ4n) is 3.92. The molecule has 0 aliphatic heterocycles. The molecule has 0 saturated heterocycles. The van der Waals surface area contributed by atoms with Crippen molar-refractivity contribution in [2.75, 3.05) is 26.4 Å². The van der Waals surface area contributed by atoms with Crippen molar-refractivity contribution in [3.8, 4) is 0 Å². The van der Waals surface area contributed by atoms with Gasteiger partial charge in [-0.25, -0.2) is 23.6 Å². The average Bonchev–Trinajstić information content (AvgIpc) is 3.17. The summed E-state index contributed by atoms with van der Waals surface area (Å²) in [6.07, 6.45) is -76.6. The number of hydrogen-bond acceptors (Lipinski definition) is 12. The second-order valence-electron chi connectivity index (χ2n) is 13.3. The fraction of sp³-hybridized carbons (Fsp3) is 0.625. The van der Waals surface area contributed by atoms with E-state index in [0.717, 1.165) is 27.7 Å². The lowest BCUT2D eigenvalue weighted by atomic mass is 10.1. The van der Waals surface area contributed by atoms with Gasteiger partial charge in [0.1, 0.15) is 26.4 Å². The number of hydrogen-bond donors (Lipinski definition) is 0. The minimum Gasteiger partial charge on any atom is -0.459 e. The van der Waals surface area contributed by atoms with E-state index in [0.29, 0.717) is 6.07 Å². The lowest BCUT2D eigenvalue weighted by Gasteiger charge is -2.44. The Balaban J connectivity index is 3.61. The van der Waals surface area contributed by atoms with E-state index < -0.39 is 153 Å². The van der Waals surface area contributed by atoms with Crippen LogP contribution in [0.2, 0.25) is 0 Å². The topological polar surface area (TPSA) is 142 Å². The molecule has 0 saturated carbocycles. The molecule has 5 atom stereocenters. The van der Waals surface area contributed by atoms with Crippen LogP contribution in [0.3, 0.4) is 0 Å². The van der Waals surface area contributed by atoms with E-state index in [-0.39, 0.29) is 5.57 Å². The van der Waals surface area contributed by atoms with Crippen molar-refractivity contribution in [2.45, 2.75) is 98.3 Å². The van der Waals surface area contributed by atoms with Crippen LogP contribution in [0.25, 0.3) is 0 Å². The van der Waals surface area contributed by atoms with Crippen LogP contribution in [0.4, 0.5) is 123 Å². The van der Waals surface area contributed by atoms with Gasteiger partial charge in [-0.3, -0.25) is 18.9 Å². The van der Waals surface area contributed by atoms with Gasteiger partial charge in [-0.05, 0) is 32.0 Å². The number of esters is 4. The standard InChI is InChI=1S/C32H20F28O12/c1-12(2)15(61)65-7-8-66-16(62)13-5-4-6-14(11-13)17(63)67-9-10-68-18(64)20(34,25(41,42)43)69-30(55,56)21(35,26(44,45)46)71-32(59,60)23(37,28(50,51)52)72-31(57,58)22(36,27(47,48)49)70-29(53,54)19(3,33)24(38,39)40/h4-6,11H,1,7-10H2,2-3H3. The van der Waals surface area contributed by atoms with Gasteiger partial charge >= 0.3 is 103 Å². The molecule has 72 heavy (non-hydrogen) atoms. The van der Waals surface area contributed by atoms with Gasteiger partial charge in [0.05, 0.1) is 11.1 Å². The van der Waals surface area contributed by atoms with E-state index in [1.54, 1.807) is 4.74 Å². The Hall–Kier alpha value is -5.28. The molecular formula is C32H20F28O12. The molecular weight excluding hydrogens is 1110 g/mol. The minimum atomic E-state index is -9.26. The summed E-state index contributed by atoms with van der Waals surface area (Å²) in [5.41, 5.74) is -8.34. The summed E-state index contributed by atoms with van der Waals surface area (Å²) in [6.45, 7) is -2.34. The molecule has 0 radical (unpaired) electrons. The number of halogens is 28. The highest BCUT2D eigenvalue weighted by Crippen LogP contribution is 2.61. The van der Waals surface area contributed by atoms with Crippen molar-refractivity contribution < 1.29 is 180 Å².